The third-order valence-corrected chi connectivity index (χ3v) is 6.50. The second-order valence-corrected chi connectivity index (χ2v) is 10.5. The largest absolute Gasteiger partial charge is 0.507 e. The van der Waals surface area contributed by atoms with Crippen molar-refractivity contribution in [2.24, 2.45) is 0 Å². The van der Waals surface area contributed by atoms with Crippen LogP contribution >= 0.6 is 0 Å². The summed E-state index contributed by atoms with van der Waals surface area (Å²) >= 11 is 0. The van der Waals surface area contributed by atoms with E-state index in [0.717, 1.165) is 25.2 Å². The Hall–Kier alpha value is -3.50. The molecular formula is C29H41FN6O3. The van der Waals surface area contributed by atoms with Gasteiger partial charge in [0.2, 0.25) is 5.82 Å². The van der Waals surface area contributed by atoms with Gasteiger partial charge in [-0.3, -0.25) is 14.3 Å². The molecule has 0 atom stereocenters. The zero-order chi connectivity index (χ0) is 28.9. The van der Waals surface area contributed by atoms with E-state index >= 15 is 4.39 Å². The molecule has 0 unspecified atom stereocenters. The van der Waals surface area contributed by atoms with E-state index in [1.54, 1.807) is 25.3 Å². The number of phenols is 1. The molecule has 2 aromatic carbocycles. The molecule has 0 aliphatic rings. The highest BCUT2D eigenvalue weighted by Crippen LogP contribution is 2.38. The number of halogens is 1. The minimum atomic E-state index is -0.453. The van der Waals surface area contributed by atoms with Gasteiger partial charge >= 0.3 is 0 Å². The number of rotatable bonds is 12. The zero-order valence-corrected chi connectivity index (χ0v) is 24.2. The van der Waals surface area contributed by atoms with Gasteiger partial charge in [0, 0.05) is 37.3 Å². The Labute approximate surface area is 230 Å². The molecule has 0 aliphatic carbocycles. The minimum absolute atomic E-state index is 0.00617. The number of nitrogens with one attached hydrogen (secondary N) is 1. The number of likely N-dealkylation sites (N-methyl/N-ethyl adjacent to an activating group) is 2. The van der Waals surface area contributed by atoms with E-state index in [4.69, 9.17) is 4.74 Å². The molecule has 212 valence electrons. The number of carbonyl (C=O) groups excluding carboxylic acids is 1. The molecule has 0 aliphatic heterocycles. The molecule has 2 N–H and O–H groups in total. The smallest absolute Gasteiger partial charge is 0.289 e. The Morgan fingerprint density at radius 2 is 1.85 bits per heavy atom. The molecule has 1 heterocycles. The topological polar surface area (TPSA) is 95.8 Å². The van der Waals surface area contributed by atoms with Gasteiger partial charge in [0.15, 0.2) is 5.82 Å². The lowest BCUT2D eigenvalue weighted by Crippen LogP contribution is -2.32. The summed E-state index contributed by atoms with van der Waals surface area (Å²) in [5.74, 6) is -0.0890. The highest BCUT2D eigenvalue weighted by Gasteiger charge is 2.25. The number of methoxy groups -OCH3 is 1. The van der Waals surface area contributed by atoms with Crippen molar-refractivity contribution in [3.05, 3.63) is 53.1 Å². The molecule has 1 aromatic heterocycles. The number of aromatic nitrogens is 3. The minimum Gasteiger partial charge on any atom is -0.507 e. The van der Waals surface area contributed by atoms with Gasteiger partial charge in [-0.1, -0.05) is 26.8 Å². The summed E-state index contributed by atoms with van der Waals surface area (Å²) in [5.41, 5.74) is 2.15. The van der Waals surface area contributed by atoms with E-state index in [1.807, 2.05) is 41.8 Å². The Kier molecular flexibility index (Phi) is 10.0. The molecule has 0 saturated carbocycles. The Morgan fingerprint density at radius 1 is 1.13 bits per heavy atom. The third-order valence-electron chi connectivity index (χ3n) is 6.50. The Morgan fingerprint density at radius 3 is 2.41 bits per heavy atom. The number of benzene rings is 2. The van der Waals surface area contributed by atoms with Gasteiger partial charge in [-0.05, 0) is 64.2 Å². The van der Waals surface area contributed by atoms with Crippen LogP contribution in [-0.4, -0.2) is 82.5 Å². The summed E-state index contributed by atoms with van der Waals surface area (Å²) in [5, 5.41) is 22.2. The van der Waals surface area contributed by atoms with Crippen LogP contribution in [0.5, 0.6) is 11.5 Å². The summed E-state index contributed by atoms with van der Waals surface area (Å²) in [6.07, 6.45) is 0. The maximum atomic E-state index is 15.5. The number of aromatic hydroxyl groups is 1. The number of carbonyl (C=O) groups is 1. The van der Waals surface area contributed by atoms with Gasteiger partial charge < -0.3 is 20.1 Å². The van der Waals surface area contributed by atoms with Crippen molar-refractivity contribution < 1.29 is 19.0 Å². The predicted molar refractivity (Wildman–Crippen MR) is 151 cm³/mol. The molecule has 0 radical (unpaired) electrons. The summed E-state index contributed by atoms with van der Waals surface area (Å²) in [7, 11) is 5.57. The fourth-order valence-electron chi connectivity index (χ4n) is 4.30. The van der Waals surface area contributed by atoms with Crippen LogP contribution < -0.4 is 10.1 Å². The molecule has 0 fully saturated rings. The maximum Gasteiger partial charge on any atom is 0.289 e. The Bertz CT molecular complexity index is 1290. The van der Waals surface area contributed by atoms with Crippen molar-refractivity contribution in [3.8, 4) is 28.6 Å². The number of ether oxygens (including phenoxy) is 1. The summed E-state index contributed by atoms with van der Waals surface area (Å²) in [6, 6.07) is 8.02. The standard InChI is InChI=1S/C29H41FN6O3/c1-9-35(13-12-34(6)7)17-20-10-11-21(14-24(20)30)36-27(32-33-28(36)29(38)31-19(4)5)23-15-22(18(2)3)26(39-8)16-25(23)37/h10-11,14-16,18-19,37H,9,12-13,17H2,1-8H3,(H,31,38). The monoisotopic (exact) mass is 540 g/mol. The number of hydrogen-bond acceptors (Lipinski definition) is 7. The normalized spacial score (nSPS) is 11.7. The summed E-state index contributed by atoms with van der Waals surface area (Å²) in [4.78, 5) is 17.4. The first-order chi connectivity index (χ1) is 18.5. The second kappa shape index (κ2) is 13.0. The molecule has 10 heteroatoms. The van der Waals surface area contributed by atoms with Gasteiger partial charge in [-0.2, -0.15) is 0 Å². The van der Waals surface area contributed by atoms with E-state index < -0.39 is 11.7 Å². The molecule has 9 nitrogen and oxygen atoms in total. The van der Waals surface area contributed by atoms with E-state index in [-0.39, 0.29) is 29.4 Å². The van der Waals surface area contributed by atoms with Crippen LogP contribution in [0.15, 0.2) is 30.3 Å². The lowest BCUT2D eigenvalue weighted by molar-refractivity contribution is 0.0930. The SMILES string of the molecule is CCN(CCN(C)C)Cc1ccc(-n2c(C(=O)NC(C)C)nnc2-c2cc(C(C)C)c(OC)cc2O)cc1F. The first-order valence-corrected chi connectivity index (χ1v) is 13.3. The molecule has 1 amide bonds. The van der Waals surface area contributed by atoms with Crippen LogP contribution in [0.1, 0.15) is 62.3 Å². The maximum absolute atomic E-state index is 15.5. The van der Waals surface area contributed by atoms with Gasteiger partial charge in [-0.25, -0.2) is 4.39 Å². The van der Waals surface area contributed by atoms with Gasteiger partial charge in [0.25, 0.3) is 5.91 Å². The highest BCUT2D eigenvalue weighted by molar-refractivity contribution is 5.92. The fourth-order valence-corrected chi connectivity index (χ4v) is 4.30. The van der Waals surface area contributed by atoms with Crippen LogP contribution in [0.3, 0.4) is 0 Å². The van der Waals surface area contributed by atoms with E-state index in [0.29, 0.717) is 29.1 Å². The van der Waals surface area contributed by atoms with Crippen LogP contribution in [-0.2, 0) is 6.54 Å². The van der Waals surface area contributed by atoms with Crippen molar-refractivity contribution in [2.45, 2.75) is 53.1 Å². The first-order valence-electron chi connectivity index (χ1n) is 13.3. The lowest BCUT2D eigenvalue weighted by atomic mass is 9.98. The Balaban J connectivity index is 2.13. The number of amides is 1. The van der Waals surface area contributed by atoms with Crippen LogP contribution in [0, 0.1) is 5.82 Å². The zero-order valence-electron chi connectivity index (χ0n) is 24.2. The third kappa shape index (κ3) is 7.13. The summed E-state index contributed by atoms with van der Waals surface area (Å²) < 4.78 is 22.4. The molecule has 39 heavy (non-hydrogen) atoms. The summed E-state index contributed by atoms with van der Waals surface area (Å²) in [6.45, 7) is 12.7. The van der Waals surface area contributed by atoms with E-state index in [2.05, 4.69) is 32.2 Å². The van der Waals surface area contributed by atoms with Gasteiger partial charge in [0.1, 0.15) is 17.3 Å². The number of hydrogen-bond donors (Lipinski definition) is 2. The van der Waals surface area contributed by atoms with Gasteiger partial charge in [-0.15, -0.1) is 10.2 Å². The first kappa shape index (κ1) is 30.0. The molecular weight excluding hydrogens is 499 g/mol. The fraction of sp³-hybridized carbons (Fsp3) is 0.483. The van der Waals surface area contributed by atoms with Crippen LogP contribution in [0.2, 0.25) is 0 Å². The molecule has 3 aromatic rings. The van der Waals surface area contributed by atoms with E-state index in [1.165, 1.54) is 16.7 Å². The quantitative estimate of drug-likeness (QED) is 0.351. The molecule has 3 rings (SSSR count). The average molecular weight is 541 g/mol. The van der Waals surface area contributed by atoms with Crippen molar-refractivity contribution in [1.29, 1.82) is 0 Å². The van der Waals surface area contributed by atoms with Crippen LogP contribution in [0.25, 0.3) is 17.1 Å². The highest BCUT2D eigenvalue weighted by atomic mass is 19.1. The average Bonchev–Trinajstić information content (AvgIpc) is 3.31. The predicted octanol–water partition coefficient (Wildman–Crippen LogP) is 4.43. The van der Waals surface area contributed by atoms with Crippen molar-refractivity contribution >= 4 is 5.91 Å². The molecule has 0 spiro atoms. The van der Waals surface area contributed by atoms with E-state index in [9.17, 15) is 9.90 Å². The van der Waals surface area contributed by atoms with Crippen molar-refractivity contribution in [1.82, 2.24) is 29.9 Å². The molecule has 0 saturated heterocycles. The van der Waals surface area contributed by atoms with Gasteiger partial charge in [0.05, 0.1) is 18.4 Å². The lowest BCUT2D eigenvalue weighted by Gasteiger charge is -2.23. The van der Waals surface area contributed by atoms with Crippen molar-refractivity contribution in [3.63, 3.8) is 0 Å². The number of phenolic OH excluding ortho intramolecular Hbond substituents is 1. The number of nitrogens with zero attached hydrogens (tertiary/aromatic N) is 5. The molecule has 0 bridgehead atoms. The second-order valence-electron chi connectivity index (χ2n) is 10.5. The van der Waals surface area contributed by atoms with Crippen molar-refractivity contribution in [2.75, 3.05) is 40.8 Å². The van der Waals surface area contributed by atoms with Crippen LogP contribution in [0.4, 0.5) is 4.39 Å².